The van der Waals surface area contributed by atoms with Gasteiger partial charge < -0.3 is 19.8 Å². The van der Waals surface area contributed by atoms with Crippen molar-refractivity contribution in [1.82, 2.24) is 0 Å². The fraction of sp³-hybridized carbons (Fsp3) is 0. The summed E-state index contributed by atoms with van der Waals surface area (Å²) in [6.07, 6.45) is 0. The van der Waals surface area contributed by atoms with Gasteiger partial charge in [0.25, 0.3) is 0 Å². The molecule has 13 heavy (non-hydrogen) atoms. The summed E-state index contributed by atoms with van der Waals surface area (Å²) in [5.41, 5.74) is 0. The van der Waals surface area contributed by atoms with E-state index in [4.69, 9.17) is 23.2 Å². The van der Waals surface area contributed by atoms with Gasteiger partial charge in [-0.1, -0.05) is 36.4 Å². The van der Waals surface area contributed by atoms with E-state index in [0.717, 1.165) is 0 Å². The molecular formula is C6H4Cl2FeO4. The Hall–Kier alpha value is -0.481. The Morgan fingerprint density at radius 2 is 1.00 bits per heavy atom. The van der Waals surface area contributed by atoms with Crippen molar-refractivity contribution in [3.05, 3.63) is 23.2 Å². The molecule has 0 heterocycles. The van der Waals surface area contributed by atoms with Gasteiger partial charge in [-0.2, -0.15) is 0 Å². The fourth-order valence-electron chi connectivity index (χ4n) is 0. The van der Waals surface area contributed by atoms with Crippen LogP contribution in [0, 0.1) is 0 Å². The average molecular weight is 267 g/mol. The minimum atomic E-state index is -1.42. The van der Waals surface area contributed by atoms with E-state index in [1.54, 1.807) is 0 Å². The van der Waals surface area contributed by atoms with Gasteiger partial charge in [0.05, 0.1) is 22.0 Å². The predicted octanol–water partition coefficient (Wildman–Crippen LogP) is -1.02. The summed E-state index contributed by atoms with van der Waals surface area (Å²) >= 11 is 9.51. The van der Waals surface area contributed by atoms with Gasteiger partial charge in [-0.3, -0.25) is 0 Å². The Morgan fingerprint density at radius 3 is 1.00 bits per heavy atom. The van der Waals surface area contributed by atoms with Crippen LogP contribution in [0.15, 0.2) is 23.2 Å². The van der Waals surface area contributed by atoms with E-state index in [1.807, 2.05) is 0 Å². The van der Waals surface area contributed by atoms with Gasteiger partial charge in [0.15, 0.2) is 0 Å². The third kappa shape index (κ3) is 18.5. The van der Waals surface area contributed by atoms with Crippen LogP contribution in [-0.2, 0) is 26.7 Å². The molecule has 0 rings (SSSR count). The molecule has 0 saturated carbocycles. The maximum atomic E-state index is 9.36. The fourth-order valence-corrected chi connectivity index (χ4v) is 0. The molecule has 74 valence electrons. The molecule has 0 aliphatic rings. The second kappa shape index (κ2) is 9.61. The molecule has 0 aliphatic carbocycles. The van der Waals surface area contributed by atoms with Gasteiger partial charge in [0.2, 0.25) is 0 Å². The monoisotopic (exact) mass is 266 g/mol. The van der Waals surface area contributed by atoms with Gasteiger partial charge in [-0.25, -0.2) is 0 Å². The summed E-state index contributed by atoms with van der Waals surface area (Å²) in [5.74, 6) is -2.84. The van der Waals surface area contributed by atoms with Crippen LogP contribution in [0.2, 0.25) is 0 Å². The second-order valence-corrected chi connectivity index (χ2v) is 2.30. The molecule has 7 heteroatoms. The number of carbonyl (C=O) groups excluding carboxylic acids is 2. The average Bonchev–Trinajstić information content (AvgIpc) is 1.88. The molecule has 0 aliphatic heterocycles. The topological polar surface area (TPSA) is 80.3 Å². The SMILES string of the molecule is C=C(Cl)C(=O)[O-].C=C(Cl)C(=O)[O-].[Fe+2]. The number of hydrogen-bond donors (Lipinski definition) is 0. The van der Waals surface area contributed by atoms with Crippen LogP contribution in [0.25, 0.3) is 0 Å². The molecule has 0 spiro atoms. The molecule has 0 aromatic rings. The van der Waals surface area contributed by atoms with Crippen LogP contribution in [0.4, 0.5) is 0 Å². The number of carboxylic acid groups (broad SMARTS) is 2. The van der Waals surface area contributed by atoms with Crippen molar-refractivity contribution in [1.29, 1.82) is 0 Å². The van der Waals surface area contributed by atoms with Crippen molar-refractivity contribution in [2.24, 2.45) is 0 Å². The Labute approximate surface area is 95.3 Å². The van der Waals surface area contributed by atoms with E-state index in [-0.39, 0.29) is 17.1 Å². The second-order valence-electron chi connectivity index (χ2n) is 1.38. The molecule has 0 fully saturated rings. The van der Waals surface area contributed by atoms with E-state index in [9.17, 15) is 19.8 Å². The minimum Gasteiger partial charge on any atom is -0.544 e. The van der Waals surface area contributed by atoms with E-state index in [2.05, 4.69) is 13.2 Å². The van der Waals surface area contributed by atoms with E-state index < -0.39 is 22.0 Å². The summed E-state index contributed by atoms with van der Waals surface area (Å²) in [4.78, 5) is 18.7. The molecule has 0 radical (unpaired) electrons. The Bertz CT molecular complexity index is 179. The van der Waals surface area contributed by atoms with Gasteiger partial charge in [0, 0.05) is 0 Å². The first kappa shape index (κ1) is 18.3. The standard InChI is InChI=1S/2C3H3ClO2.Fe/c2*1-2(4)3(5)6;/h2*1H2,(H,5,6);/q;;+2/p-2. The first-order valence-electron chi connectivity index (χ1n) is 2.40. The van der Waals surface area contributed by atoms with Gasteiger partial charge in [-0.15, -0.1) is 0 Å². The van der Waals surface area contributed by atoms with Gasteiger partial charge in [0.1, 0.15) is 0 Å². The quantitative estimate of drug-likeness (QED) is 0.473. The maximum absolute atomic E-state index is 9.36. The van der Waals surface area contributed by atoms with Crippen molar-refractivity contribution in [3.8, 4) is 0 Å². The molecule has 0 bridgehead atoms. The minimum absolute atomic E-state index is 0. The molecule has 0 atom stereocenters. The normalized spacial score (nSPS) is 6.92. The van der Waals surface area contributed by atoms with Crippen molar-refractivity contribution in [2.75, 3.05) is 0 Å². The summed E-state index contributed by atoms with van der Waals surface area (Å²) in [7, 11) is 0. The van der Waals surface area contributed by atoms with Crippen LogP contribution in [0.5, 0.6) is 0 Å². The molecule has 0 saturated heterocycles. The molecular weight excluding hydrogens is 263 g/mol. The third-order valence-corrected chi connectivity index (χ3v) is 0.752. The van der Waals surface area contributed by atoms with Gasteiger partial charge in [-0.05, 0) is 0 Å². The zero-order chi connectivity index (χ0) is 10.3. The molecule has 0 amide bonds. The smallest absolute Gasteiger partial charge is 0.544 e. The predicted molar refractivity (Wildman–Crippen MR) is 40.0 cm³/mol. The van der Waals surface area contributed by atoms with Gasteiger partial charge >= 0.3 is 17.1 Å². The Morgan fingerprint density at radius 1 is 0.923 bits per heavy atom. The number of carbonyl (C=O) groups is 2. The molecule has 0 N–H and O–H groups in total. The third-order valence-electron chi connectivity index (χ3n) is 0.443. The molecule has 0 unspecified atom stereocenters. The zero-order valence-electron chi connectivity index (χ0n) is 6.16. The summed E-state index contributed by atoms with van der Waals surface area (Å²) in [5, 5.41) is 17.8. The molecule has 0 aromatic heterocycles. The Balaban J connectivity index is -0.000000143. The number of hydrogen-bond acceptors (Lipinski definition) is 4. The van der Waals surface area contributed by atoms with E-state index in [0.29, 0.717) is 0 Å². The van der Waals surface area contributed by atoms with Crippen molar-refractivity contribution >= 4 is 35.1 Å². The van der Waals surface area contributed by atoms with Crippen LogP contribution in [-0.4, -0.2) is 11.9 Å². The summed E-state index contributed by atoms with van der Waals surface area (Å²) in [6.45, 7) is 5.72. The summed E-state index contributed by atoms with van der Waals surface area (Å²) in [6, 6.07) is 0. The van der Waals surface area contributed by atoms with Crippen molar-refractivity contribution < 1.29 is 36.9 Å². The number of halogens is 2. The largest absolute Gasteiger partial charge is 2.00 e. The van der Waals surface area contributed by atoms with Crippen LogP contribution >= 0.6 is 23.2 Å². The molecule has 4 nitrogen and oxygen atoms in total. The van der Waals surface area contributed by atoms with Crippen molar-refractivity contribution in [2.45, 2.75) is 0 Å². The Kier molecular flexibility index (Phi) is 13.5. The number of rotatable bonds is 2. The van der Waals surface area contributed by atoms with E-state index >= 15 is 0 Å². The first-order chi connectivity index (χ1) is 5.29. The number of carboxylic acids is 2. The van der Waals surface area contributed by atoms with E-state index in [1.165, 1.54) is 0 Å². The molecule has 0 aromatic carbocycles. The van der Waals surface area contributed by atoms with Crippen LogP contribution in [0.3, 0.4) is 0 Å². The van der Waals surface area contributed by atoms with Crippen LogP contribution < -0.4 is 10.2 Å². The first-order valence-corrected chi connectivity index (χ1v) is 3.16. The maximum Gasteiger partial charge on any atom is 2.00 e. The van der Waals surface area contributed by atoms with Crippen molar-refractivity contribution in [3.63, 3.8) is 0 Å². The van der Waals surface area contributed by atoms with Crippen LogP contribution in [0.1, 0.15) is 0 Å². The number of aliphatic carboxylic acids is 2. The summed E-state index contributed by atoms with van der Waals surface area (Å²) < 4.78 is 0. The zero-order valence-corrected chi connectivity index (χ0v) is 8.77.